The van der Waals surface area contributed by atoms with Gasteiger partial charge in [-0.15, -0.1) is 0 Å². The Labute approximate surface area is 113 Å². The lowest BCUT2D eigenvalue weighted by Crippen LogP contribution is -2.21. The standard InChI is InChI=1S/C14H20N2O3/c17-16(18)14-4-2-1-3-13(14)6-9-15-8-5-12-7-10-19-11-12/h1-4,12,15H,5-11H2. The minimum Gasteiger partial charge on any atom is -0.381 e. The van der Waals surface area contributed by atoms with Crippen LogP contribution in [0.15, 0.2) is 24.3 Å². The molecule has 0 aromatic heterocycles. The van der Waals surface area contributed by atoms with Gasteiger partial charge in [0.25, 0.3) is 5.69 Å². The second-order valence-electron chi connectivity index (χ2n) is 4.90. The van der Waals surface area contributed by atoms with E-state index in [0.717, 1.165) is 44.7 Å². The molecule has 1 saturated heterocycles. The van der Waals surface area contributed by atoms with Crippen molar-refractivity contribution in [3.8, 4) is 0 Å². The normalized spacial score (nSPS) is 18.6. The monoisotopic (exact) mass is 264 g/mol. The van der Waals surface area contributed by atoms with Gasteiger partial charge in [0.15, 0.2) is 0 Å². The summed E-state index contributed by atoms with van der Waals surface area (Å²) in [7, 11) is 0. The number of nitro benzene ring substituents is 1. The Balaban J connectivity index is 1.69. The molecule has 1 aliphatic rings. The molecule has 0 amide bonds. The molecule has 19 heavy (non-hydrogen) atoms. The van der Waals surface area contributed by atoms with Crippen molar-refractivity contribution in [2.24, 2.45) is 5.92 Å². The van der Waals surface area contributed by atoms with Crippen LogP contribution in [0, 0.1) is 16.0 Å². The molecule has 0 bridgehead atoms. The van der Waals surface area contributed by atoms with Crippen LogP contribution in [0.2, 0.25) is 0 Å². The fourth-order valence-electron chi connectivity index (χ4n) is 2.37. The second kappa shape index (κ2) is 7.21. The number of nitro groups is 1. The zero-order valence-electron chi connectivity index (χ0n) is 11.0. The molecule has 5 heteroatoms. The van der Waals surface area contributed by atoms with E-state index in [-0.39, 0.29) is 10.6 Å². The van der Waals surface area contributed by atoms with Crippen molar-refractivity contribution in [1.82, 2.24) is 5.32 Å². The zero-order valence-corrected chi connectivity index (χ0v) is 11.0. The highest BCUT2D eigenvalue weighted by Gasteiger charge is 2.15. The number of ether oxygens (including phenoxy) is 1. The molecule has 1 aliphatic heterocycles. The smallest absolute Gasteiger partial charge is 0.272 e. The Morgan fingerprint density at radius 1 is 1.37 bits per heavy atom. The maximum Gasteiger partial charge on any atom is 0.272 e. The van der Waals surface area contributed by atoms with Gasteiger partial charge in [-0.3, -0.25) is 10.1 Å². The first-order chi connectivity index (χ1) is 9.27. The number of rotatable bonds is 7. The van der Waals surface area contributed by atoms with Crippen molar-refractivity contribution in [2.75, 3.05) is 26.3 Å². The van der Waals surface area contributed by atoms with Crippen molar-refractivity contribution >= 4 is 5.69 Å². The highest BCUT2D eigenvalue weighted by Crippen LogP contribution is 2.18. The number of nitrogens with zero attached hydrogens (tertiary/aromatic N) is 1. The summed E-state index contributed by atoms with van der Waals surface area (Å²) >= 11 is 0. The Bertz CT molecular complexity index is 417. The van der Waals surface area contributed by atoms with E-state index in [1.807, 2.05) is 12.1 Å². The van der Waals surface area contributed by atoms with Gasteiger partial charge in [0.2, 0.25) is 0 Å². The van der Waals surface area contributed by atoms with Gasteiger partial charge < -0.3 is 10.1 Å². The predicted molar refractivity (Wildman–Crippen MR) is 73.2 cm³/mol. The van der Waals surface area contributed by atoms with Gasteiger partial charge >= 0.3 is 0 Å². The van der Waals surface area contributed by atoms with Crippen LogP contribution < -0.4 is 5.32 Å². The summed E-state index contributed by atoms with van der Waals surface area (Å²) in [4.78, 5) is 10.5. The summed E-state index contributed by atoms with van der Waals surface area (Å²) in [6.07, 6.45) is 2.97. The molecule has 1 aromatic rings. The Morgan fingerprint density at radius 2 is 2.21 bits per heavy atom. The van der Waals surface area contributed by atoms with Crippen molar-refractivity contribution in [1.29, 1.82) is 0 Å². The molecule has 1 unspecified atom stereocenters. The minimum absolute atomic E-state index is 0.216. The Morgan fingerprint density at radius 3 is 2.95 bits per heavy atom. The quantitative estimate of drug-likeness (QED) is 0.465. The SMILES string of the molecule is O=[N+]([O-])c1ccccc1CCNCCC1CCOC1. The zero-order chi connectivity index (χ0) is 13.5. The molecular formula is C14H20N2O3. The van der Waals surface area contributed by atoms with E-state index in [2.05, 4.69) is 5.32 Å². The summed E-state index contributed by atoms with van der Waals surface area (Å²) in [6, 6.07) is 6.93. The van der Waals surface area contributed by atoms with Crippen LogP contribution in [0.5, 0.6) is 0 Å². The first-order valence-electron chi connectivity index (χ1n) is 6.78. The van der Waals surface area contributed by atoms with E-state index in [1.165, 1.54) is 0 Å². The van der Waals surface area contributed by atoms with Crippen LogP contribution in [0.1, 0.15) is 18.4 Å². The molecule has 1 aromatic carbocycles. The summed E-state index contributed by atoms with van der Waals surface area (Å²) in [5, 5.41) is 14.2. The van der Waals surface area contributed by atoms with Crippen molar-refractivity contribution in [3.05, 3.63) is 39.9 Å². The maximum absolute atomic E-state index is 10.9. The topological polar surface area (TPSA) is 64.4 Å². The Hall–Kier alpha value is -1.46. The lowest BCUT2D eigenvalue weighted by atomic mass is 10.1. The predicted octanol–water partition coefficient (Wildman–Crippen LogP) is 2.15. The first kappa shape index (κ1) is 14.0. The summed E-state index contributed by atoms with van der Waals surface area (Å²) < 4.78 is 5.32. The van der Waals surface area contributed by atoms with Gasteiger partial charge in [-0.25, -0.2) is 0 Å². The van der Waals surface area contributed by atoms with E-state index in [1.54, 1.807) is 12.1 Å². The van der Waals surface area contributed by atoms with Gasteiger partial charge in [0, 0.05) is 24.8 Å². The maximum atomic E-state index is 10.9. The summed E-state index contributed by atoms with van der Waals surface area (Å²) in [5.74, 6) is 0.679. The largest absolute Gasteiger partial charge is 0.381 e. The van der Waals surface area contributed by atoms with E-state index in [9.17, 15) is 10.1 Å². The fraction of sp³-hybridized carbons (Fsp3) is 0.571. The van der Waals surface area contributed by atoms with Crippen molar-refractivity contribution in [2.45, 2.75) is 19.3 Å². The fourth-order valence-corrected chi connectivity index (χ4v) is 2.37. The molecule has 5 nitrogen and oxygen atoms in total. The second-order valence-corrected chi connectivity index (χ2v) is 4.90. The van der Waals surface area contributed by atoms with Gasteiger partial charge in [-0.05, 0) is 38.3 Å². The van der Waals surface area contributed by atoms with Gasteiger partial charge in [-0.1, -0.05) is 18.2 Å². The van der Waals surface area contributed by atoms with E-state index < -0.39 is 0 Å². The third-order valence-corrected chi connectivity index (χ3v) is 3.51. The molecule has 1 atom stereocenters. The molecule has 0 saturated carbocycles. The molecule has 0 aliphatic carbocycles. The molecule has 1 N–H and O–H groups in total. The first-order valence-corrected chi connectivity index (χ1v) is 6.78. The van der Waals surface area contributed by atoms with Crippen LogP contribution in [0.4, 0.5) is 5.69 Å². The van der Waals surface area contributed by atoms with Gasteiger partial charge in [0.05, 0.1) is 4.92 Å². The molecule has 1 heterocycles. The lowest BCUT2D eigenvalue weighted by molar-refractivity contribution is -0.385. The summed E-state index contributed by atoms with van der Waals surface area (Å²) in [6.45, 7) is 3.50. The van der Waals surface area contributed by atoms with E-state index >= 15 is 0 Å². The highest BCUT2D eigenvalue weighted by atomic mass is 16.6. The number of hydrogen-bond donors (Lipinski definition) is 1. The van der Waals surface area contributed by atoms with Crippen LogP contribution in [-0.4, -0.2) is 31.2 Å². The molecule has 1 fully saturated rings. The van der Waals surface area contributed by atoms with Crippen LogP contribution in [0.25, 0.3) is 0 Å². The van der Waals surface area contributed by atoms with Gasteiger partial charge in [-0.2, -0.15) is 0 Å². The molecule has 0 radical (unpaired) electrons. The third kappa shape index (κ3) is 4.29. The Kier molecular flexibility index (Phi) is 5.30. The average molecular weight is 264 g/mol. The van der Waals surface area contributed by atoms with E-state index in [0.29, 0.717) is 12.3 Å². The molecular weight excluding hydrogens is 244 g/mol. The number of para-hydroxylation sites is 1. The van der Waals surface area contributed by atoms with Gasteiger partial charge in [0.1, 0.15) is 0 Å². The average Bonchev–Trinajstić information content (AvgIpc) is 2.92. The van der Waals surface area contributed by atoms with Crippen LogP contribution >= 0.6 is 0 Å². The number of benzene rings is 1. The van der Waals surface area contributed by atoms with Crippen molar-refractivity contribution < 1.29 is 9.66 Å². The third-order valence-electron chi connectivity index (χ3n) is 3.51. The minimum atomic E-state index is -0.314. The summed E-state index contributed by atoms with van der Waals surface area (Å²) in [5.41, 5.74) is 1.01. The lowest BCUT2D eigenvalue weighted by Gasteiger charge is -2.08. The van der Waals surface area contributed by atoms with Crippen LogP contribution in [0.3, 0.4) is 0 Å². The molecule has 104 valence electrons. The molecule has 0 spiro atoms. The van der Waals surface area contributed by atoms with Crippen molar-refractivity contribution in [3.63, 3.8) is 0 Å². The number of hydrogen-bond acceptors (Lipinski definition) is 4. The highest BCUT2D eigenvalue weighted by molar-refractivity contribution is 5.39. The van der Waals surface area contributed by atoms with Crippen LogP contribution in [-0.2, 0) is 11.2 Å². The molecule has 2 rings (SSSR count). The van der Waals surface area contributed by atoms with E-state index in [4.69, 9.17) is 4.74 Å². The number of nitrogens with one attached hydrogen (secondary N) is 1.